The monoisotopic (exact) mass is 457 g/mol. The molecule has 6 nitrogen and oxygen atoms in total. The van der Waals surface area contributed by atoms with Gasteiger partial charge in [-0.1, -0.05) is 12.1 Å². The molecule has 2 aromatic carbocycles. The molecule has 10 heteroatoms. The number of hydrogen-bond acceptors (Lipinski definition) is 5. The minimum atomic E-state index is -4.48. The van der Waals surface area contributed by atoms with Gasteiger partial charge in [-0.3, -0.25) is 4.79 Å². The van der Waals surface area contributed by atoms with Crippen LogP contribution in [0.1, 0.15) is 34.3 Å². The van der Waals surface area contributed by atoms with Crippen LogP contribution in [-0.2, 0) is 27.6 Å². The summed E-state index contributed by atoms with van der Waals surface area (Å²) >= 11 is 0. The number of nitrogens with zero attached hydrogens (tertiary/aromatic N) is 1. The van der Waals surface area contributed by atoms with Gasteiger partial charge >= 0.3 is 16.3 Å². The topological polar surface area (TPSA) is 72.9 Å². The molecule has 0 bridgehead atoms. The highest BCUT2D eigenvalue weighted by molar-refractivity contribution is 7.86. The third-order valence-electron chi connectivity index (χ3n) is 4.74. The summed E-state index contributed by atoms with van der Waals surface area (Å²) in [5.41, 5.74) is 0.0262. The number of benzene rings is 2. The third kappa shape index (κ3) is 6.70. The van der Waals surface area contributed by atoms with Crippen molar-refractivity contribution in [3.8, 4) is 5.75 Å². The van der Waals surface area contributed by atoms with Crippen LogP contribution in [0.5, 0.6) is 5.75 Å². The standard InChI is InChI=1S/C21H22F3NO5S/c1-31(27,28)30-18-10-4-15(5-11-18)13-25(14-19-3-2-12-29-19)20(26)16-6-8-17(9-7-16)21(22,23)24/h4-11,19H,2-3,12-14H2,1H3. The number of halogens is 3. The zero-order chi connectivity index (χ0) is 22.6. The van der Waals surface area contributed by atoms with Crippen LogP contribution in [0.3, 0.4) is 0 Å². The highest BCUT2D eigenvalue weighted by Crippen LogP contribution is 2.29. The molecule has 0 spiro atoms. The average molecular weight is 457 g/mol. The Morgan fingerprint density at radius 2 is 1.77 bits per heavy atom. The molecule has 31 heavy (non-hydrogen) atoms. The van der Waals surface area contributed by atoms with E-state index in [2.05, 4.69) is 0 Å². The molecule has 0 saturated carbocycles. The fourth-order valence-corrected chi connectivity index (χ4v) is 3.74. The van der Waals surface area contributed by atoms with Crippen molar-refractivity contribution in [2.45, 2.75) is 31.7 Å². The van der Waals surface area contributed by atoms with Crippen LogP contribution in [0.4, 0.5) is 13.2 Å². The lowest BCUT2D eigenvalue weighted by molar-refractivity contribution is -0.137. The van der Waals surface area contributed by atoms with Gasteiger partial charge in [-0.2, -0.15) is 21.6 Å². The fraction of sp³-hybridized carbons (Fsp3) is 0.381. The first-order valence-corrected chi connectivity index (χ1v) is 11.4. The Kier molecular flexibility index (Phi) is 6.90. The number of carbonyl (C=O) groups excluding carboxylic acids is 1. The molecular weight excluding hydrogens is 435 g/mol. The van der Waals surface area contributed by atoms with Crippen LogP contribution in [0, 0.1) is 0 Å². The first kappa shape index (κ1) is 23.1. The fourth-order valence-electron chi connectivity index (χ4n) is 3.28. The number of rotatable bonds is 7. The van der Waals surface area contributed by atoms with E-state index >= 15 is 0 Å². The smallest absolute Gasteiger partial charge is 0.383 e. The van der Waals surface area contributed by atoms with Crippen LogP contribution in [0.25, 0.3) is 0 Å². The first-order valence-electron chi connectivity index (χ1n) is 9.58. The molecule has 0 aromatic heterocycles. The van der Waals surface area contributed by atoms with Crippen LogP contribution >= 0.6 is 0 Å². The maximum absolute atomic E-state index is 13.0. The quantitative estimate of drug-likeness (QED) is 0.591. The predicted octanol–water partition coefficient (Wildman–Crippen LogP) is 3.87. The van der Waals surface area contributed by atoms with Gasteiger partial charge in [-0.05, 0) is 54.8 Å². The van der Waals surface area contributed by atoms with Crippen molar-refractivity contribution in [3.05, 3.63) is 65.2 Å². The van der Waals surface area contributed by atoms with Crippen LogP contribution in [0.15, 0.2) is 48.5 Å². The largest absolute Gasteiger partial charge is 0.416 e. The Morgan fingerprint density at radius 3 is 2.29 bits per heavy atom. The number of alkyl halides is 3. The zero-order valence-corrected chi connectivity index (χ0v) is 17.6. The van der Waals surface area contributed by atoms with E-state index in [1.54, 1.807) is 12.1 Å². The molecule has 1 fully saturated rings. The normalized spacial score (nSPS) is 16.8. The summed E-state index contributed by atoms with van der Waals surface area (Å²) in [6, 6.07) is 10.3. The Balaban J connectivity index is 1.78. The van der Waals surface area contributed by atoms with Crippen molar-refractivity contribution < 1.29 is 35.3 Å². The molecule has 2 aromatic rings. The third-order valence-corrected chi connectivity index (χ3v) is 5.23. The van der Waals surface area contributed by atoms with Crippen molar-refractivity contribution >= 4 is 16.0 Å². The lowest BCUT2D eigenvalue weighted by Gasteiger charge is -2.26. The van der Waals surface area contributed by atoms with Gasteiger partial charge in [0.25, 0.3) is 5.91 Å². The average Bonchev–Trinajstić information content (AvgIpc) is 3.20. The number of amides is 1. The molecule has 0 aliphatic carbocycles. The van der Waals surface area contributed by atoms with Crippen molar-refractivity contribution in [2.24, 2.45) is 0 Å². The molecule has 0 radical (unpaired) electrons. The van der Waals surface area contributed by atoms with Gasteiger partial charge < -0.3 is 13.8 Å². The van der Waals surface area contributed by atoms with E-state index in [4.69, 9.17) is 8.92 Å². The SMILES string of the molecule is CS(=O)(=O)Oc1ccc(CN(CC2CCCO2)C(=O)c2ccc(C(F)(F)F)cc2)cc1. The second kappa shape index (κ2) is 9.27. The number of ether oxygens (including phenoxy) is 1. The van der Waals surface area contributed by atoms with Gasteiger partial charge in [0.05, 0.1) is 17.9 Å². The van der Waals surface area contributed by atoms with E-state index in [0.717, 1.165) is 43.4 Å². The molecule has 1 aliphatic rings. The summed E-state index contributed by atoms with van der Waals surface area (Å²) in [7, 11) is -3.65. The first-order chi connectivity index (χ1) is 14.5. The lowest BCUT2D eigenvalue weighted by atomic mass is 10.1. The van der Waals surface area contributed by atoms with Crippen molar-refractivity contribution in [1.29, 1.82) is 0 Å². The molecule has 0 N–H and O–H groups in total. The minimum Gasteiger partial charge on any atom is -0.383 e. The van der Waals surface area contributed by atoms with E-state index in [1.165, 1.54) is 17.0 Å². The van der Waals surface area contributed by atoms with E-state index in [0.29, 0.717) is 18.7 Å². The minimum absolute atomic E-state index is 0.142. The summed E-state index contributed by atoms with van der Waals surface area (Å²) in [5.74, 6) is -0.272. The van der Waals surface area contributed by atoms with Crippen LogP contribution in [0.2, 0.25) is 0 Å². The Labute approximate surface area is 178 Å². The molecule has 1 atom stereocenters. The van der Waals surface area contributed by atoms with Gasteiger partial charge in [0, 0.05) is 25.3 Å². The van der Waals surface area contributed by atoms with Gasteiger partial charge in [0.2, 0.25) is 0 Å². The highest BCUT2D eigenvalue weighted by atomic mass is 32.2. The second-order valence-corrected chi connectivity index (χ2v) is 8.90. The van der Waals surface area contributed by atoms with Crippen molar-refractivity contribution in [1.82, 2.24) is 4.90 Å². The highest BCUT2D eigenvalue weighted by Gasteiger charge is 2.31. The van der Waals surface area contributed by atoms with E-state index in [-0.39, 0.29) is 24.0 Å². The molecule has 1 unspecified atom stereocenters. The maximum atomic E-state index is 13.0. The molecule has 1 amide bonds. The molecule has 1 aliphatic heterocycles. The van der Waals surface area contributed by atoms with Crippen LogP contribution in [-0.4, -0.2) is 44.7 Å². The Morgan fingerprint density at radius 1 is 1.13 bits per heavy atom. The lowest BCUT2D eigenvalue weighted by Crippen LogP contribution is -2.37. The summed E-state index contributed by atoms with van der Waals surface area (Å²) in [6.45, 7) is 1.07. The maximum Gasteiger partial charge on any atom is 0.416 e. The summed E-state index contributed by atoms with van der Waals surface area (Å²) in [5, 5.41) is 0. The summed E-state index contributed by atoms with van der Waals surface area (Å²) in [6.07, 6.45) is -2.02. The van der Waals surface area contributed by atoms with Crippen molar-refractivity contribution in [3.63, 3.8) is 0 Å². The zero-order valence-electron chi connectivity index (χ0n) is 16.8. The van der Waals surface area contributed by atoms with Gasteiger partial charge in [-0.25, -0.2) is 0 Å². The summed E-state index contributed by atoms with van der Waals surface area (Å²) in [4.78, 5) is 14.6. The van der Waals surface area contributed by atoms with Gasteiger partial charge in [0.15, 0.2) is 0 Å². The van der Waals surface area contributed by atoms with Crippen molar-refractivity contribution in [2.75, 3.05) is 19.4 Å². The molecule has 1 saturated heterocycles. The van der Waals surface area contributed by atoms with E-state index < -0.39 is 27.8 Å². The number of hydrogen-bond donors (Lipinski definition) is 0. The number of carbonyl (C=O) groups is 1. The van der Waals surface area contributed by atoms with Gasteiger partial charge in [0.1, 0.15) is 5.75 Å². The predicted molar refractivity (Wildman–Crippen MR) is 107 cm³/mol. The second-order valence-electron chi connectivity index (χ2n) is 7.33. The Hall–Kier alpha value is -2.59. The van der Waals surface area contributed by atoms with Crippen LogP contribution < -0.4 is 4.18 Å². The molecular formula is C21H22F3NO5S. The molecule has 1 heterocycles. The molecule has 168 valence electrons. The summed E-state index contributed by atoms with van der Waals surface area (Å²) < 4.78 is 71.3. The Bertz CT molecular complexity index is 999. The van der Waals surface area contributed by atoms with Gasteiger partial charge in [-0.15, -0.1) is 0 Å². The van der Waals surface area contributed by atoms with E-state index in [1.807, 2.05) is 0 Å². The van der Waals surface area contributed by atoms with E-state index in [9.17, 15) is 26.4 Å². The molecule has 3 rings (SSSR count).